The van der Waals surface area contributed by atoms with E-state index in [4.69, 9.17) is 19.4 Å². The quantitative estimate of drug-likeness (QED) is 0.163. The summed E-state index contributed by atoms with van der Waals surface area (Å²) >= 11 is 0. The fourth-order valence-electron chi connectivity index (χ4n) is 8.33. The molecule has 11 aromatic rings. The van der Waals surface area contributed by atoms with E-state index < -0.39 is 0 Å². The van der Waals surface area contributed by atoms with E-state index in [0.717, 1.165) is 60.9 Å². The molecule has 0 saturated carbocycles. The highest BCUT2D eigenvalue weighted by Crippen LogP contribution is 2.42. The average Bonchev–Trinajstić information content (AvgIpc) is 3.71. The van der Waals surface area contributed by atoms with E-state index in [1.165, 1.54) is 33.0 Å². The van der Waals surface area contributed by atoms with Crippen molar-refractivity contribution in [3.63, 3.8) is 0 Å². The summed E-state index contributed by atoms with van der Waals surface area (Å²) in [6.45, 7) is 0. The zero-order valence-corrected chi connectivity index (χ0v) is 32.0. The Hall–Kier alpha value is -7.95. The topological polar surface area (TPSA) is 51.8 Å². The maximum atomic E-state index is 6.25. The first kappa shape index (κ1) is 34.3. The molecule has 0 unspecified atom stereocenters. The Bertz CT molecular complexity index is 3300. The van der Waals surface area contributed by atoms with E-state index in [9.17, 15) is 0 Å². The molecule has 0 saturated heterocycles. The fraction of sp³-hybridized carbons (Fsp3) is 0. The molecule has 0 fully saturated rings. The molecule has 0 aliphatic rings. The van der Waals surface area contributed by atoms with E-state index in [-0.39, 0.29) is 0 Å². The number of rotatable bonds is 7. The molecule has 0 atom stereocenters. The Labute approximate surface area is 341 Å². The zero-order chi connectivity index (χ0) is 39.1. The van der Waals surface area contributed by atoms with Gasteiger partial charge in [0.25, 0.3) is 0 Å². The maximum absolute atomic E-state index is 6.25. The largest absolute Gasteiger partial charge is 0.456 e. The molecule has 0 aliphatic heterocycles. The second-order valence-electron chi connectivity index (χ2n) is 14.7. The van der Waals surface area contributed by atoms with Crippen molar-refractivity contribution in [3.05, 3.63) is 212 Å². The van der Waals surface area contributed by atoms with Gasteiger partial charge in [-0.05, 0) is 67.4 Å². The molecular weight excluding hydrogens is 719 g/mol. The highest BCUT2D eigenvalue weighted by atomic mass is 16.3. The summed E-state index contributed by atoms with van der Waals surface area (Å²) in [6.07, 6.45) is 0. The van der Waals surface area contributed by atoms with Crippen LogP contribution >= 0.6 is 0 Å². The average molecular weight is 754 g/mol. The minimum Gasteiger partial charge on any atom is -0.456 e. The van der Waals surface area contributed by atoms with Crippen LogP contribution in [0, 0.1) is 0 Å². The van der Waals surface area contributed by atoms with Crippen LogP contribution in [0.15, 0.2) is 217 Å². The van der Waals surface area contributed by atoms with Crippen LogP contribution in [0.1, 0.15) is 0 Å². The smallest absolute Gasteiger partial charge is 0.164 e. The monoisotopic (exact) mass is 753 g/mol. The minimum atomic E-state index is 0.631. The number of fused-ring (bicyclic) bond motifs is 4. The van der Waals surface area contributed by atoms with Gasteiger partial charge in [0, 0.05) is 27.5 Å². The van der Waals surface area contributed by atoms with E-state index in [2.05, 4.69) is 158 Å². The first-order chi connectivity index (χ1) is 29.2. The molecule has 0 bridgehead atoms. The predicted molar refractivity (Wildman–Crippen MR) is 243 cm³/mol. The van der Waals surface area contributed by atoms with E-state index >= 15 is 0 Å². The van der Waals surface area contributed by atoms with Crippen LogP contribution in [0.4, 0.5) is 0 Å². The third-order valence-corrected chi connectivity index (χ3v) is 11.2. The Morgan fingerprint density at radius 1 is 0.237 bits per heavy atom. The van der Waals surface area contributed by atoms with Crippen LogP contribution in [-0.2, 0) is 0 Å². The van der Waals surface area contributed by atoms with Crippen molar-refractivity contribution in [2.75, 3.05) is 0 Å². The van der Waals surface area contributed by atoms with E-state index in [0.29, 0.717) is 17.5 Å². The van der Waals surface area contributed by atoms with Gasteiger partial charge >= 0.3 is 0 Å². The number of aromatic nitrogens is 3. The van der Waals surface area contributed by atoms with Crippen molar-refractivity contribution >= 4 is 32.7 Å². The third kappa shape index (κ3) is 6.24. The van der Waals surface area contributed by atoms with Crippen molar-refractivity contribution in [2.45, 2.75) is 0 Å². The zero-order valence-electron chi connectivity index (χ0n) is 32.0. The number of furan rings is 1. The van der Waals surface area contributed by atoms with Crippen LogP contribution < -0.4 is 0 Å². The Kier molecular flexibility index (Phi) is 8.45. The molecule has 0 N–H and O–H groups in total. The van der Waals surface area contributed by atoms with Gasteiger partial charge in [0.2, 0.25) is 0 Å². The molecular formula is C55H35N3O. The van der Waals surface area contributed by atoms with Gasteiger partial charge in [-0.15, -0.1) is 0 Å². The second-order valence-corrected chi connectivity index (χ2v) is 14.7. The number of hydrogen-bond donors (Lipinski definition) is 0. The summed E-state index contributed by atoms with van der Waals surface area (Å²) < 4.78 is 6.25. The highest BCUT2D eigenvalue weighted by molar-refractivity contribution is 6.16. The SMILES string of the molecule is c1ccc(-c2nc(-c3ccc(-c4ccc(-c5ccc(-c6cccc7oc8ccccc8c67)c6ccccc56)cc4)cc3)nc(-c3ccccc3-c3ccccc3)n2)cc1. The minimum absolute atomic E-state index is 0.631. The summed E-state index contributed by atoms with van der Waals surface area (Å²) in [5.74, 6) is 1.91. The molecule has 2 heterocycles. The van der Waals surface area contributed by atoms with Crippen LogP contribution in [0.3, 0.4) is 0 Å². The van der Waals surface area contributed by atoms with E-state index in [1.807, 2.05) is 54.6 Å². The molecule has 2 aromatic heterocycles. The van der Waals surface area contributed by atoms with Gasteiger partial charge in [0.05, 0.1) is 0 Å². The number of nitrogens with zero attached hydrogens (tertiary/aromatic N) is 3. The first-order valence-corrected chi connectivity index (χ1v) is 19.9. The molecule has 0 spiro atoms. The lowest BCUT2D eigenvalue weighted by atomic mass is 9.90. The highest BCUT2D eigenvalue weighted by Gasteiger charge is 2.18. The standard InChI is InChI=1S/C55H35N3O/c1-3-14-38(15-4-1)42-18-7-10-21-48(42)55-57-53(40-16-5-2-6-17-40)56-54(58-55)41-32-28-37(29-33-41)36-26-30-39(31-27-36)43-34-35-46(45-20-9-8-19-44(43)45)47-23-13-25-51-52(47)49-22-11-12-24-50(49)59-51/h1-35H. The maximum Gasteiger partial charge on any atom is 0.164 e. The van der Waals surface area contributed by atoms with Gasteiger partial charge in [0.15, 0.2) is 17.5 Å². The van der Waals surface area contributed by atoms with Crippen LogP contribution in [0.25, 0.3) is 111 Å². The molecule has 9 aromatic carbocycles. The summed E-state index contributed by atoms with van der Waals surface area (Å²) in [5.41, 5.74) is 13.8. The lowest BCUT2D eigenvalue weighted by molar-refractivity contribution is 0.669. The summed E-state index contributed by atoms with van der Waals surface area (Å²) in [4.78, 5) is 15.1. The van der Waals surface area contributed by atoms with Gasteiger partial charge in [-0.25, -0.2) is 15.0 Å². The molecule has 59 heavy (non-hydrogen) atoms. The summed E-state index contributed by atoms with van der Waals surface area (Å²) in [6, 6.07) is 74.0. The number of hydrogen-bond acceptors (Lipinski definition) is 4. The van der Waals surface area contributed by atoms with Gasteiger partial charge in [-0.2, -0.15) is 0 Å². The third-order valence-electron chi connectivity index (χ3n) is 11.2. The van der Waals surface area contributed by atoms with Crippen molar-refractivity contribution in [2.24, 2.45) is 0 Å². The molecule has 11 rings (SSSR count). The van der Waals surface area contributed by atoms with Gasteiger partial charge in [-0.3, -0.25) is 0 Å². The normalized spacial score (nSPS) is 11.4. The fourth-order valence-corrected chi connectivity index (χ4v) is 8.33. The molecule has 0 amide bonds. The Balaban J connectivity index is 0.931. The van der Waals surface area contributed by atoms with Gasteiger partial charge in [-0.1, -0.05) is 200 Å². The lowest BCUT2D eigenvalue weighted by Crippen LogP contribution is -2.01. The van der Waals surface area contributed by atoms with Crippen molar-refractivity contribution in [1.82, 2.24) is 15.0 Å². The summed E-state index contributed by atoms with van der Waals surface area (Å²) in [5, 5.41) is 4.71. The second kappa shape index (κ2) is 14.5. The lowest BCUT2D eigenvalue weighted by Gasteiger charge is -2.14. The number of para-hydroxylation sites is 1. The predicted octanol–water partition coefficient (Wildman–Crippen LogP) is 14.6. The van der Waals surface area contributed by atoms with Crippen LogP contribution in [0.5, 0.6) is 0 Å². The van der Waals surface area contributed by atoms with Crippen molar-refractivity contribution in [3.8, 4) is 78.7 Å². The molecule has 4 nitrogen and oxygen atoms in total. The number of benzene rings is 9. The molecule has 0 aliphatic carbocycles. The Morgan fingerprint density at radius 3 is 1.37 bits per heavy atom. The van der Waals surface area contributed by atoms with Crippen molar-refractivity contribution in [1.29, 1.82) is 0 Å². The Morgan fingerprint density at radius 2 is 0.678 bits per heavy atom. The van der Waals surface area contributed by atoms with Crippen LogP contribution in [0.2, 0.25) is 0 Å². The summed E-state index contributed by atoms with van der Waals surface area (Å²) in [7, 11) is 0. The molecule has 4 heteroatoms. The first-order valence-electron chi connectivity index (χ1n) is 19.9. The van der Waals surface area contributed by atoms with Gasteiger partial charge < -0.3 is 4.42 Å². The molecule has 276 valence electrons. The van der Waals surface area contributed by atoms with Gasteiger partial charge in [0.1, 0.15) is 11.2 Å². The van der Waals surface area contributed by atoms with Crippen LogP contribution in [-0.4, -0.2) is 15.0 Å². The van der Waals surface area contributed by atoms with E-state index in [1.54, 1.807) is 0 Å². The van der Waals surface area contributed by atoms with Crippen molar-refractivity contribution < 1.29 is 4.42 Å². The molecule has 0 radical (unpaired) electrons.